The molecule has 0 fully saturated rings. The van der Waals surface area contributed by atoms with Gasteiger partial charge in [0.25, 0.3) is 0 Å². The van der Waals surface area contributed by atoms with E-state index >= 15 is 0 Å². The Hall–Kier alpha value is -4.04. The van der Waals surface area contributed by atoms with Gasteiger partial charge in [0.05, 0.1) is 17.6 Å². The van der Waals surface area contributed by atoms with E-state index in [1.54, 1.807) is 29.7 Å². The van der Waals surface area contributed by atoms with Crippen LogP contribution in [0.5, 0.6) is 5.75 Å². The van der Waals surface area contributed by atoms with Crippen LogP contribution < -0.4 is 15.3 Å². The van der Waals surface area contributed by atoms with E-state index in [-0.39, 0.29) is 6.61 Å². The molecule has 8 heteroatoms. The van der Waals surface area contributed by atoms with E-state index in [0.29, 0.717) is 24.4 Å². The van der Waals surface area contributed by atoms with E-state index in [0.717, 1.165) is 34.0 Å². The first kappa shape index (κ1) is 21.8. The molecule has 0 bridgehead atoms. The molecular formula is C26H26N6O2. The van der Waals surface area contributed by atoms with Crippen molar-refractivity contribution in [3.63, 3.8) is 0 Å². The molecule has 3 aliphatic rings. The molecule has 8 nitrogen and oxygen atoms in total. The first-order chi connectivity index (χ1) is 16.7. The molecule has 1 atom stereocenters. The Balaban J connectivity index is 1.34. The Morgan fingerprint density at radius 1 is 1.18 bits per heavy atom. The van der Waals surface area contributed by atoms with Crippen molar-refractivity contribution in [2.24, 2.45) is 15.2 Å². The number of hydrazone groups is 2. The van der Waals surface area contributed by atoms with Gasteiger partial charge in [-0.1, -0.05) is 6.08 Å². The second-order valence-corrected chi connectivity index (χ2v) is 7.99. The monoisotopic (exact) mass is 454 g/mol. The molecular weight excluding hydrogens is 428 g/mol. The number of allylic oxidation sites excluding steroid dienone is 2. The minimum atomic E-state index is -0.792. The van der Waals surface area contributed by atoms with E-state index in [9.17, 15) is 5.11 Å². The maximum absolute atomic E-state index is 10.4. The lowest BCUT2D eigenvalue weighted by atomic mass is 10.1. The highest BCUT2D eigenvalue weighted by atomic mass is 16.5. The summed E-state index contributed by atoms with van der Waals surface area (Å²) in [6, 6.07) is 9.81. The molecule has 1 aromatic heterocycles. The maximum atomic E-state index is 10.4. The zero-order valence-electron chi connectivity index (χ0n) is 19.0. The molecule has 4 heterocycles. The summed E-state index contributed by atoms with van der Waals surface area (Å²) >= 11 is 0. The Morgan fingerprint density at radius 2 is 2.06 bits per heavy atom. The zero-order chi connectivity index (χ0) is 23.3. The molecule has 0 saturated heterocycles. The largest absolute Gasteiger partial charge is 0.487 e. The average molecular weight is 455 g/mol. The number of ether oxygens (including phenoxy) is 1. The van der Waals surface area contributed by atoms with Crippen LogP contribution in [-0.2, 0) is 0 Å². The minimum Gasteiger partial charge on any atom is -0.487 e. The quantitative estimate of drug-likeness (QED) is 0.722. The first-order valence-electron chi connectivity index (χ1n) is 11.3. The summed E-state index contributed by atoms with van der Waals surface area (Å²) in [5.41, 5.74) is 3.71. The van der Waals surface area contributed by atoms with Crippen molar-refractivity contribution in [3.05, 3.63) is 89.1 Å². The summed E-state index contributed by atoms with van der Waals surface area (Å²) < 4.78 is 6.04. The normalized spacial score (nSPS) is 19.2. The molecule has 0 spiro atoms. The number of pyridine rings is 1. The average Bonchev–Trinajstić information content (AvgIpc) is 3.11. The van der Waals surface area contributed by atoms with E-state index in [2.05, 4.69) is 32.3 Å². The van der Waals surface area contributed by atoms with Crippen LogP contribution in [-0.4, -0.2) is 57.8 Å². The molecule has 34 heavy (non-hydrogen) atoms. The van der Waals surface area contributed by atoms with Gasteiger partial charge in [-0.15, -0.1) is 0 Å². The Morgan fingerprint density at radius 3 is 2.91 bits per heavy atom. The van der Waals surface area contributed by atoms with Crippen LogP contribution in [0.2, 0.25) is 0 Å². The van der Waals surface area contributed by atoms with Crippen molar-refractivity contribution in [2.75, 3.05) is 19.7 Å². The minimum absolute atomic E-state index is 0.170. The molecule has 172 valence electrons. The molecule has 0 radical (unpaired) electrons. The summed E-state index contributed by atoms with van der Waals surface area (Å²) in [6.45, 7) is 3.60. The van der Waals surface area contributed by atoms with E-state index in [1.165, 1.54) is 0 Å². The highest BCUT2D eigenvalue weighted by Gasteiger charge is 2.20. The predicted octanol–water partition coefficient (Wildman–Crippen LogP) is 2.06. The molecule has 5 rings (SSSR count). The highest BCUT2D eigenvalue weighted by molar-refractivity contribution is 5.92. The van der Waals surface area contributed by atoms with Gasteiger partial charge in [0.15, 0.2) is 0 Å². The van der Waals surface area contributed by atoms with Crippen LogP contribution in [0.4, 0.5) is 0 Å². The van der Waals surface area contributed by atoms with E-state index < -0.39 is 6.10 Å². The number of benzene rings is 1. The second-order valence-electron chi connectivity index (χ2n) is 7.99. The van der Waals surface area contributed by atoms with Gasteiger partial charge in [-0.25, -0.2) is 5.01 Å². The fourth-order valence-electron chi connectivity index (χ4n) is 3.86. The van der Waals surface area contributed by atoms with Crippen molar-refractivity contribution in [1.82, 2.24) is 15.0 Å². The number of hydrogen-bond acceptors (Lipinski definition) is 8. The third kappa shape index (κ3) is 4.82. The second kappa shape index (κ2) is 9.84. The number of aliphatic hydroxyl groups excluding tert-OH is 1. The van der Waals surface area contributed by atoms with Gasteiger partial charge < -0.3 is 9.84 Å². The summed E-state index contributed by atoms with van der Waals surface area (Å²) in [5, 5.41) is 24.9. The summed E-state index contributed by atoms with van der Waals surface area (Å²) in [7, 11) is 0. The lowest BCUT2D eigenvalue weighted by Crippen LogP contribution is -2.33. The van der Waals surface area contributed by atoms with Gasteiger partial charge in [0.2, 0.25) is 0 Å². The number of fused-ring (bicyclic) bond motifs is 1. The molecule has 1 unspecified atom stereocenters. The fraction of sp³-hybridized carbons (Fsp3) is 0.231. The Kier molecular flexibility index (Phi) is 6.31. The standard InChI is InChI=1S/C26H26N6O2/c1-2-31-17-22(8-13-29-31)32-14-9-26(33)25(30-32)18-34-23-3-4-24-21(16-23)15-20(7-12-28-24)19-5-10-27-11-6-19/h3-7,9-11,13-17,26,33H,2,8,12,18H2,1H3. The first-order valence-corrected chi connectivity index (χ1v) is 11.3. The summed E-state index contributed by atoms with van der Waals surface area (Å²) in [5.74, 6) is 0.693. The third-order valence-electron chi connectivity index (χ3n) is 5.72. The molecule has 3 aliphatic heterocycles. The van der Waals surface area contributed by atoms with Gasteiger partial charge >= 0.3 is 0 Å². The number of aliphatic hydroxyl groups is 1. The van der Waals surface area contributed by atoms with Crippen molar-refractivity contribution in [2.45, 2.75) is 19.4 Å². The van der Waals surface area contributed by atoms with Gasteiger partial charge in [-0.2, -0.15) is 10.2 Å². The maximum Gasteiger partial charge on any atom is 0.131 e. The predicted molar refractivity (Wildman–Crippen MR) is 132 cm³/mol. The van der Waals surface area contributed by atoms with Gasteiger partial charge in [-0.3, -0.25) is 15.0 Å². The van der Waals surface area contributed by atoms with Crippen LogP contribution in [0.3, 0.4) is 0 Å². The van der Waals surface area contributed by atoms with Crippen LogP contribution in [0.1, 0.15) is 18.9 Å². The van der Waals surface area contributed by atoms with Crippen LogP contribution >= 0.6 is 0 Å². The van der Waals surface area contributed by atoms with Crippen molar-refractivity contribution in [3.8, 4) is 5.75 Å². The van der Waals surface area contributed by atoms with Crippen molar-refractivity contribution >= 4 is 23.6 Å². The molecule has 0 amide bonds. The van der Waals surface area contributed by atoms with Crippen molar-refractivity contribution in [1.29, 1.82) is 0 Å². The number of aromatic nitrogens is 1. The molecule has 2 aromatic rings. The fourth-order valence-corrected chi connectivity index (χ4v) is 3.86. The lowest BCUT2D eigenvalue weighted by molar-refractivity contribution is 0.259. The Labute approximate surface area is 197 Å². The molecule has 0 saturated carbocycles. The SMILES string of the molecule is CCN1C=C(N2C=CC(O)C(COc3ccc4c(c3)=CC(c3ccncc3)=CCN=4)=N2)CC=N1. The zero-order valence-corrected chi connectivity index (χ0v) is 19.0. The van der Waals surface area contributed by atoms with Gasteiger partial charge in [0.1, 0.15) is 24.2 Å². The van der Waals surface area contributed by atoms with Gasteiger partial charge in [-0.05, 0) is 60.5 Å². The van der Waals surface area contributed by atoms with Crippen LogP contribution in [0, 0.1) is 0 Å². The van der Waals surface area contributed by atoms with E-state index in [4.69, 9.17) is 4.74 Å². The number of hydrogen-bond donors (Lipinski definition) is 1. The molecule has 1 aromatic carbocycles. The molecule has 0 aliphatic carbocycles. The Bertz CT molecular complexity index is 1330. The highest BCUT2D eigenvalue weighted by Crippen LogP contribution is 2.19. The topological polar surface area (TPSA) is 85.9 Å². The van der Waals surface area contributed by atoms with Crippen LogP contribution in [0.25, 0.3) is 11.6 Å². The lowest BCUT2D eigenvalue weighted by Gasteiger charge is -2.27. The molecule has 1 N–H and O–H groups in total. The smallest absolute Gasteiger partial charge is 0.131 e. The number of rotatable bonds is 6. The summed E-state index contributed by atoms with van der Waals surface area (Å²) in [6.07, 6.45) is 15.0. The van der Waals surface area contributed by atoms with Crippen LogP contribution in [0.15, 0.2) is 88.2 Å². The van der Waals surface area contributed by atoms with E-state index in [1.807, 2.05) is 54.7 Å². The summed E-state index contributed by atoms with van der Waals surface area (Å²) in [4.78, 5) is 8.76. The number of nitrogens with zero attached hydrogens (tertiary/aromatic N) is 6. The third-order valence-corrected chi connectivity index (χ3v) is 5.72. The van der Waals surface area contributed by atoms with Gasteiger partial charge in [0, 0.05) is 49.2 Å². The van der Waals surface area contributed by atoms with Crippen molar-refractivity contribution < 1.29 is 9.84 Å².